The molecule has 40 heavy (non-hydrogen) atoms. The summed E-state index contributed by atoms with van der Waals surface area (Å²) in [5.41, 5.74) is 1.87. The lowest BCUT2D eigenvalue weighted by Gasteiger charge is -2.17. The first-order valence-electron chi connectivity index (χ1n) is 12.1. The molecule has 210 valence electrons. The zero-order valence-corrected chi connectivity index (χ0v) is 23.6. The van der Waals surface area contributed by atoms with Crippen molar-refractivity contribution in [3.63, 3.8) is 0 Å². The van der Waals surface area contributed by atoms with Gasteiger partial charge in [-0.3, -0.25) is 14.3 Å². The summed E-state index contributed by atoms with van der Waals surface area (Å²) in [6.45, 7) is 0.195. The van der Waals surface area contributed by atoms with E-state index in [1.807, 2.05) is 22.9 Å². The van der Waals surface area contributed by atoms with Crippen molar-refractivity contribution in [2.45, 2.75) is 23.8 Å². The number of aryl methyl sites for hydroxylation is 2. The molecule has 4 aromatic rings. The molecule has 0 fully saturated rings. The minimum atomic E-state index is -4.40. The molecule has 0 saturated carbocycles. The molecule has 0 saturated heterocycles. The third kappa shape index (κ3) is 6.89. The van der Waals surface area contributed by atoms with Gasteiger partial charge in [0.2, 0.25) is 10.0 Å². The molecule has 0 radical (unpaired) electrons. The number of nitrogens with zero attached hydrogens (tertiary/aromatic N) is 3. The number of sulfonamides is 1. The van der Waals surface area contributed by atoms with Gasteiger partial charge in [0.05, 0.1) is 21.3 Å². The van der Waals surface area contributed by atoms with Gasteiger partial charge in [-0.05, 0) is 49.2 Å². The van der Waals surface area contributed by atoms with Crippen LogP contribution in [0.4, 0.5) is 5.82 Å². The van der Waals surface area contributed by atoms with Crippen LogP contribution in [0.1, 0.15) is 22.5 Å². The van der Waals surface area contributed by atoms with Gasteiger partial charge in [0, 0.05) is 37.3 Å². The van der Waals surface area contributed by atoms with E-state index in [4.69, 9.17) is 23.2 Å². The van der Waals surface area contributed by atoms with Crippen molar-refractivity contribution in [1.29, 1.82) is 0 Å². The van der Waals surface area contributed by atoms with E-state index < -0.39 is 39.4 Å². The molecule has 1 amide bonds. The van der Waals surface area contributed by atoms with Gasteiger partial charge < -0.3 is 15.7 Å². The predicted octanol–water partition coefficient (Wildman–Crippen LogP) is 3.48. The van der Waals surface area contributed by atoms with E-state index in [0.717, 1.165) is 28.8 Å². The highest BCUT2D eigenvalue weighted by Gasteiger charge is 2.29. The normalized spacial score (nSPS) is 12.3. The van der Waals surface area contributed by atoms with Crippen molar-refractivity contribution in [2.75, 3.05) is 18.4 Å². The maximum Gasteiger partial charge on any atom is 0.323 e. The topological polar surface area (TPSA) is 155 Å². The first-order chi connectivity index (χ1) is 19.1. The Balaban J connectivity index is 1.40. The molecule has 0 bridgehead atoms. The molecule has 2 aromatic carbocycles. The molecule has 0 aliphatic carbocycles. The van der Waals surface area contributed by atoms with E-state index in [0.29, 0.717) is 13.0 Å². The molecule has 4 N–H and O–H groups in total. The van der Waals surface area contributed by atoms with Crippen LogP contribution in [0.2, 0.25) is 10.0 Å². The van der Waals surface area contributed by atoms with Gasteiger partial charge >= 0.3 is 5.97 Å². The van der Waals surface area contributed by atoms with Crippen molar-refractivity contribution in [3.8, 4) is 0 Å². The Morgan fingerprint density at radius 3 is 2.50 bits per heavy atom. The second-order valence-corrected chi connectivity index (χ2v) is 11.3. The molecule has 2 aromatic heterocycles. The molecule has 1 atom stereocenters. The zero-order chi connectivity index (χ0) is 28.9. The molecule has 0 spiro atoms. The molecular formula is C26H26Cl2N6O5S. The summed E-state index contributed by atoms with van der Waals surface area (Å²) in [6, 6.07) is 13.1. The summed E-state index contributed by atoms with van der Waals surface area (Å²) in [5, 5.41) is 20.5. The number of hydrogen-bond acceptors (Lipinski definition) is 7. The van der Waals surface area contributed by atoms with Crippen molar-refractivity contribution in [3.05, 3.63) is 82.1 Å². The Labute approximate surface area is 240 Å². The van der Waals surface area contributed by atoms with Gasteiger partial charge in [-0.25, -0.2) is 13.4 Å². The maximum absolute atomic E-state index is 12.9. The van der Waals surface area contributed by atoms with Crippen molar-refractivity contribution in [1.82, 2.24) is 24.8 Å². The van der Waals surface area contributed by atoms with Gasteiger partial charge in [0.25, 0.3) is 5.91 Å². The highest BCUT2D eigenvalue weighted by molar-refractivity contribution is 7.89. The Bertz CT molecular complexity index is 1630. The van der Waals surface area contributed by atoms with Crippen molar-refractivity contribution in [2.24, 2.45) is 7.05 Å². The summed E-state index contributed by atoms with van der Waals surface area (Å²) in [5.74, 6) is -1.27. The van der Waals surface area contributed by atoms with E-state index in [2.05, 4.69) is 20.7 Å². The summed E-state index contributed by atoms with van der Waals surface area (Å²) in [4.78, 5) is 28.4. The van der Waals surface area contributed by atoms with Crippen molar-refractivity contribution < 1.29 is 23.1 Å². The fourth-order valence-electron chi connectivity index (χ4n) is 4.06. The van der Waals surface area contributed by atoms with Gasteiger partial charge in [0.15, 0.2) is 0 Å². The fourth-order valence-corrected chi connectivity index (χ4v) is 6.39. The predicted molar refractivity (Wildman–Crippen MR) is 152 cm³/mol. The summed E-state index contributed by atoms with van der Waals surface area (Å²) >= 11 is 11.9. The quantitative estimate of drug-likeness (QED) is 0.179. The van der Waals surface area contributed by atoms with Gasteiger partial charge in [-0.2, -0.15) is 9.82 Å². The van der Waals surface area contributed by atoms with Crippen LogP contribution in [0.25, 0.3) is 10.9 Å². The average Bonchev–Trinajstić information content (AvgIpc) is 3.23. The van der Waals surface area contributed by atoms with Crippen LogP contribution in [-0.2, 0) is 28.3 Å². The zero-order valence-electron chi connectivity index (χ0n) is 21.3. The van der Waals surface area contributed by atoms with Crippen molar-refractivity contribution >= 4 is 61.8 Å². The number of carbonyl (C=O) groups is 2. The maximum atomic E-state index is 12.9. The van der Waals surface area contributed by atoms with E-state index in [1.54, 1.807) is 36.1 Å². The third-order valence-electron chi connectivity index (χ3n) is 6.00. The molecule has 0 aliphatic rings. The lowest BCUT2D eigenvalue weighted by atomic mass is 10.1. The van der Waals surface area contributed by atoms with E-state index in [1.165, 1.54) is 18.2 Å². The van der Waals surface area contributed by atoms with Crippen LogP contribution in [-0.4, -0.2) is 59.3 Å². The van der Waals surface area contributed by atoms with Crippen LogP contribution in [0.5, 0.6) is 0 Å². The number of anilines is 1. The van der Waals surface area contributed by atoms with Gasteiger partial charge in [0.1, 0.15) is 16.8 Å². The first-order valence-corrected chi connectivity index (χ1v) is 14.4. The minimum absolute atomic E-state index is 0.165. The number of aromatic nitrogens is 3. The number of carbonyl (C=O) groups excluding carboxylic acids is 1. The van der Waals surface area contributed by atoms with E-state index >= 15 is 0 Å². The summed E-state index contributed by atoms with van der Waals surface area (Å²) < 4.78 is 29.3. The number of carboxylic acid groups (broad SMARTS) is 1. The Morgan fingerprint density at radius 1 is 1.07 bits per heavy atom. The SMILES string of the molecule is Cn1nc(CCCNc2ccccn2)c2ccc(C(=O)NCC(NS(=O)(=O)c3c(Cl)cccc3Cl)C(=O)O)cc21. The molecule has 1 unspecified atom stereocenters. The highest BCUT2D eigenvalue weighted by Crippen LogP contribution is 2.29. The molecule has 4 rings (SSSR count). The molecule has 2 heterocycles. The third-order valence-corrected chi connectivity index (χ3v) is 8.43. The fraction of sp³-hybridized carbons (Fsp3) is 0.231. The molecular weight excluding hydrogens is 579 g/mol. The monoisotopic (exact) mass is 604 g/mol. The Kier molecular flexibility index (Phi) is 9.25. The van der Waals surface area contributed by atoms with Crippen LogP contribution in [0, 0.1) is 0 Å². The Morgan fingerprint density at radius 2 is 1.82 bits per heavy atom. The second-order valence-electron chi connectivity index (χ2n) is 8.82. The van der Waals surface area contributed by atoms with Crippen LogP contribution in [0.15, 0.2) is 65.7 Å². The Hall–Kier alpha value is -3.71. The lowest BCUT2D eigenvalue weighted by molar-refractivity contribution is -0.138. The number of rotatable bonds is 12. The minimum Gasteiger partial charge on any atom is -0.480 e. The van der Waals surface area contributed by atoms with Crippen LogP contribution < -0.4 is 15.4 Å². The molecule has 14 heteroatoms. The molecule has 0 aliphatic heterocycles. The number of benzene rings is 2. The number of carboxylic acids is 1. The number of fused-ring (bicyclic) bond motifs is 1. The highest BCUT2D eigenvalue weighted by atomic mass is 35.5. The molecule has 11 nitrogen and oxygen atoms in total. The van der Waals surface area contributed by atoms with Crippen LogP contribution in [0.3, 0.4) is 0 Å². The van der Waals surface area contributed by atoms with Crippen LogP contribution >= 0.6 is 23.2 Å². The standard InChI is InChI=1S/C26H26Cl2N6O5S/c1-34-22-14-16(10-11-17(22)20(32-34)8-5-13-30-23-9-2-3-12-29-23)25(35)31-15-21(26(36)37)33-40(38,39)24-18(27)6-4-7-19(24)28/h2-4,6-7,9-12,14,21,33H,5,8,13,15H2,1H3,(H,29,30)(H,31,35)(H,36,37). The van der Waals surface area contributed by atoms with Gasteiger partial charge in [-0.1, -0.05) is 41.4 Å². The van der Waals surface area contributed by atoms with E-state index in [-0.39, 0.29) is 15.6 Å². The largest absolute Gasteiger partial charge is 0.480 e. The average molecular weight is 606 g/mol. The first kappa shape index (κ1) is 29.3. The summed E-state index contributed by atoms with van der Waals surface area (Å²) in [7, 11) is -2.63. The number of hydrogen-bond donors (Lipinski definition) is 4. The number of pyridine rings is 1. The number of amides is 1. The smallest absolute Gasteiger partial charge is 0.323 e. The lowest BCUT2D eigenvalue weighted by Crippen LogP contribution is -2.48. The second kappa shape index (κ2) is 12.6. The summed E-state index contributed by atoms with van der Waals surface area (Å²) in [6.07, 6.45) is 3.24. The number of nitrogens with one attached hydrogen (secondary N) is 3. The van der Waals surface area contributed by atoms with Gasteiger partial charge in [-0.15, -0.1) is 0 Å². The van der Waals surface area contributed by atoms with E-state index in [9.17, 15) is 23.1 Å². The number of aliphatic carboxylic acids is 1. The number of halogens is 2.